The summed E-state index contributed by atoms with van der Waals surface area (Å²) in [5.74, 6) is 1.65. The van der Waals surface area contributed by atoms with E-state index in [-0.39, 0.29) is 10.8 Å². The van der Waals surface area contributed by atoms with Gasteiger partial charge in [0.2, 0.25) is 5.89 Å². The predicted molar refractivity (Wildman–Crippen MR) is 71.7 cm³/mol. The highest BCUT2D eigenvalue weighted by atomic mass is 16.5. The molecule has 102 valence electrons. The molecule has 4 heteroatoms. The molecule has 0 aliphatic carbocycles. The van der Waals surface area contributed by atoms with Crippen molar-refractivity contribution < 1.29 is 4.52 Å². The monoisotopic (exact) mass is 251 g/mol. The molecular formula is C14H25N3O. The van der Waals surface area contributed by atoms with Gasteiger partial charge in [-0.3, -0.25) is 0 Å². The molecule has 2 rings (SSSR count). The standard InChI is InChI=1S/C14H25N3O/c1-5-7-14(8-6-9-15-10-14)12-16-11(17-18-12)13(2,3)4/h15H,5-10H2,1-4H3. The van der Waals surface area contributed by atoms with Gasteiger partial charge in [0.15, 0.2) is 5.82 Å². The Balaban J connectivity index is 2.28. The fourth-order valence-corrected chi connectivity index (χ4v) is 2.69. The first kappa shape index (κ1) is 13.5. The lowest BCUT2D eigenvalue weighted by molar-refractivity contribution is 0.212. The van der Waals surface area contributed by atoms with Crippen molar-refractivity contribution >= 4 is 0 Å². The second-order valence-electron chi connectivity index (χ2n) is 6.48. The summed E-state index contributed by atoms with van der Waals surface area (Å²) in [6.07, 6.45) is 4.60. The molecule has 4 nitrogen and oxygen atoms in total. The average molecular weight is 251 g/mol. The van der Waals surface area contributed by atoms with Gasteiger partial charge in [-0.15, -0.1) is 0 Å². The van der Waals surface area contributed by atoms with Crippen LogP contribution >= 0.6 is 0 Å². The van der Waals surface area contributed by atoms with E-state index in [0.717, 1.165) is 44.1 Å². The minimum Gasteiger partial charge on any atom is -0.339 e. The Hall–Kier alpha value is -0.900. The van der Waals surface area contributed by atoms with Gasteiger partial charge >= 0.3 is 0 Å². The molecule has 0 aromatic carbocycles. The van der Waals surface area contributed by atoms with Gasteiger partial charge in [0, 0.05) is 12.0 Å². The van der Waals surface area contributed by atoms with Crippen LogP contribution in [0.2, 0.25) is 0 Å². The lowest BCUT2D eigenvalue weighted by Crippen LogP contribution is -2.43. The van der Waals surface area contributed by atoms with Gasteiger partial charge in [-0.1, -0.05) is 39.3 Å². The van der Waals surface area contributed by atoms with Crippen LogP contribution in [-0.4, -0.2) is 23.2 Å². The highest BCUT2D eigenvalue weighted by Crippen LogP contribution is 2.35. The molecule has 0 amide bonds. The summed E-state index contributed by atoms with van der Waals surface area (Å²) in [6, 6.07) is 0. The molecule has 1 unspecified atom stereocenters. The molecule has 2 heterocycles. The van der Waals surface area contributed by atoms with Gasteiger partial charge in [-0.2, -0.15) is 4.98 Å². The highest BCUT2D eigenvalue weighted by Gasteiger charge is 2.39. The number of nitrogens with zero attached hydrogens (tertiary/aromatic N) is 2. The SMILES string of the molecule is CCCC1(c2nc(C(C)(C)C)no2)CCCNC1. The lowest BCUT2D eigenvalue weighted by Gasteiger charge is -2.34. The van der Waals surface area contributed by atoms with E-state index in [1.54, 1.807) is 0 Å². The fraction of sp³-hybridized carbons (Fsp3) is 0.857. The van der Waals surface area contributed by atoms with Crippen molar-refractivity contribution in [2.45, 2.75) is 64.2 Å². The number of piperidine rings is 1. The number of rotatable bonds is 3. The summed E-state index contributed by atoms with van der Waals surface area (Å²) in [4.78, 5) is 4.68. The third kappa shape index (κ3) is 2.58. The summed E-state index contributed by atoms with van der Waals surface area (Å²) in [5.41, 5.74) is 0.0146. The molecule has 1 N–H and O–H groups in total. The van der Waals surface area contributed by atoms with Crippen molar-refractivity contribution in [2.24, 2.45) is 0 Å². The number of hydrogen-bond acceptors (Lipinski definition) is 4. The molecule has 1 aromatic rings. The highest BCUT2D eigenvalue weighted by molar-refractivity contribution is 5.11. The van der Waals surface area contributed by atoms with E-state index < -0.39 is 0 Å². The van der Waals surface area contributed by atoms with Crippen molar-refractivity contribution in [3.8, 4) is 0 Å². The second-order valence-corrected chi connectivity index (χ2v) is 6.48. The zero-order valence-electron chi connectivity index (χ0n) is 12.0. The Labute approximate surface area is 110 Å². The number of hydrogen-bond donors (Lipinski definition) is 1. The van der Waals surface area contributed by atoms with E-state index in [0.29, 0.717) is 0 Å². The van der Waals surface area contributed by atoms with Crippen LogP contribution in [0.3, 0.4) is 0 Å². The summed E-state index contributed by atoms with van der Waals surface area (Å²) in [5, 5.41) is 7.66. The molecule has 0 bridgehead atoms. The maximum absolute atomic E-state index is 5.59. The van der Waals surface area contributed by atoms with Crippen LogP contribution in [0.5, 0.6) is 0 Å². The Morgan fingerprint density at radius 2 is 2.17 bits per heavy atom. The molecule has 1 aliphatic rings. The molecule has 1 atom stereocenters. The molecule has 1 saturated heterocycles. The molecular weight excluding hydrogens is 226 g/mol. The van der Waals surface area contributed by atoms with E-state index >= 15 is 0 Å². The summed E-state index contributed by atoms with van der Waals surface area (Å²) >= 11 is 0. The van der Waals surface area contributed by atoms with Gasteiger partial charge in [0.25, 0.3) is 0 Å². The van der Waals surface area contributed by atoms with Crippen LogP contribution in [0, 0.1) is 0 Å². The molecule has 0 radical (unpaired) electrons. The van der Waals surface area contributed by atoms with Gasteiger partial charge < -0.3 is 9.84 Å². The van der Waals surface area contributed by atoms with E-state index in [1.165, 1.54) is 6.42 Å². The van der Waals surface area contributed by atoms with Crippen molar-refractivity contribution in [2.75, 3.05) is 13.1 Å². The fourth-order valence-electron chi connectivity index (χ4n) is 2.69. The summed E-state index contributed by atoms with van der Waals surface area (Å²) in [7, 11) is 0. The molecule has 0 saturated carbocycles. The van der Waals surface area contributed by atoms with E-state index in [4.69, 9.17) is 4.52 Å². The topological polar surface area (TPSA) is 51.0 Å². The zero-order valence-corrected chi connectivity index (χ0v) is 12.0. The third-order valence-corrected chi connectivity index (χ3v) is 3.75. The number of aromatic nitrogens is 2. The van der Waals surface area contributed by atoms with E-state index in [9.17, 15) is 0 Å². The first-order valence-corrected chi connectivity index (χ1v) is 7.03. The molecule has 18 heavy (non-hydrogen) atoms. The largest absolute Gasteiger partial charge is 0.339 e. The van der Waals surface area contributed by atoms with Crippen LogP contribution in [0.4, 0.5) is 0 Å². The maximum atomic E-state index is 5.59. The zero-order chi connectivity index (χ0) is 13.2. The molecule has 1 fully saturated rings. The summed E-state index contributed by atoms with van der Waals surface area (Å²) < 4.78 is 5.59. The summed E-state index contributed by atoms with van der Waals surface area (Å²) in [6.45, 7) is 10.6. The first-order chi connectivity index (χ1) is 8.48. The van der Waals surface area contributed by atoms with Crippen molar-refractivity contribution in [1.29, 1.82) is 0 Å². The predicted octanol–water partition coefficient (Wildman–Crippen LogP) is 2.79. The lowest BCUT2D eigenvalue weighted by atomic mass is 9.77. The van der Waals surface area contributed by atoms with Gasteiger partial charge in [0.05, 0.1) is 5.41 Å². The average Bonchev–Trinajstić information content (AvgIpc) is 2.80. The minimum atomic E-state index is -0.0444. The molecule has 0 spiro atoms. The van der Waals surface area contributed by atoms with Gasteiger partial charge in [-0.05, 0) is 25.8 Å². The Bertz CT molecular complexity index is 380. The Morgan fingerprint density at radius 3 is 2.67 bits per heavy atom. The number of nitrogens with one attached hydrogen (secondary N) is 1. The molecule has 1 aromatic heterocycles. The molecule has 1 aliphatic heterocycles. The van der Waals surface area contributed by atoms with Crippen molar-refractivity contribution in [3.05, 3.63) is 11.7 Å². The Kier molecular flexibility index (Phi) is 3.76. The van der Waals surface area contributed by atoms with Crippen LogP contribution in [0.25, 0.3) is 0 Å². The normalized spacial score (nSPS) is 25.3. The van der Waals surface area contributed by atoms with E-state index in [2.05, 4.69) is 43.2 Å². The third-order valence-electron chi connectivity index (χ3n) is 3.75. The quantitative estimate of drug-likeness (QED) is 0.897. The first-order valence-electron chi connectivity index (χ1n) is 7.03. The van der Waals surface area contributed by atoms with Gasteiger partial charge in [-0.25, -0.2) is 0 Å². The smallest absolute Gasteiger partial charge is 0.234 e. The minimum absolute atomic E-state index is 0.0444. The van der Waals surface area contributed by atoms with Crippen LogP contribution in [-0.2, 0) is 10.8 Å². The van der Waals surface area contributed by atoms with Crippen LogP contribution in [0.1, 0.15) is 65.1 Å². The van der Waals surface area contributed by atoms with Gasteiger partial charge in [0.1, 0.15) is 0 Å². The maximum Gasteiger partial charge on any atom is 0.234 e. The van der Waals surface area contributed by atoms with E-state index in [1.807, 2.05) is 0 Å². The van der Waals surface area contributed by atoms with Crippen LogP contribution in [0.15, 0.2) is 4.52 Å². The van der Waals surface area contributed by atoms with Crippen LogP contribution < -0.4 is 5.32 Å². The Morgan fingerprint density at radius 1 is 1.39 bits per heavy atom. The van der Waals surface area contributed by atoms with Crippen molar-refractivity contribution in [3.63, 3.8) is 0 Å². The second kappa shape index (κ2) is 5.00. The van der Waals surface area contributed by atoms with Crippen molar-refractivity contribution in [1.82, 2.24) is 15.5 Å².